The summed E-state index contributed by atoms with van der Waals surface area (Å²) in [5, 5.41) is 12.2. The standard InChI is InChI=1S/C28H32N2O5/c1-17-14-30(15-24(17)27(32)33)26(31)12-19(18-10-11-18)13-29-28(34)35-16-25-22-8-4-2-6-20(22)21-7-3-5-9-23(21)25/h2-9,17-19,24-25H,10-16H2,1H3,(H,29,34)(H,32,33)/t17-,19?,24-/m1/s1. The van der Waals surface area contributed by atoms with Gasteiger partial charge < -0.3 is 20.1 Å². The van der Waals surface area contributed by atoms with E-state index in [2.05, 4.69) is 29.6 Å². The van der Waals surface area contributed by atoms with Crippen LogP contribution in [0.3, 0.4) is 0 Å². The molecule has 184 valence electrons. The molecule has 7 heteroatoms. The number of aliphatic carboxylic acids is 1. The van der Waals surface area contributed by atoms with Gasteiger partial charge in [0.15, 0.2) is 0 Å². The number of carboxylic acid groups (broad SMARTS) is 1. The van der Waals surface area contributed by atoms with Gasteiger partial charge in [-0.3, -0.25) is 9.59 Å². The van der Waals surface area contributed by atoms with Gasteiger partial charge in [0.05, 0.1) is 5.92 Å². The Kier molecular flexibility index (Phi) is 6.50. The number of carbonyl (C=O) groups excluding carboxylic acids is 2. The molecular weight excluding hydrogens is 444 g/mol. The van der Waals surface area contributed by atoms with E-state index in [1.807, 2.05) is 31.2 Å². The Morgan fingerprint density at radius 2 is 1.66 bits per heavy atom. The van der Waals surface area contributed by atoms with E-state index in [1.165, 1.54) is 22.3 Å². The molecule has 2 amide bonds. The van der Waals surface area contributed by atoms with E-state index >= 15 is 0 Å². The lowest BCUT2D eigenvalue weighted by atomic mass is 9.98. The molecule has 2 N–H and O–H groups in total. The lowest BCUT2D eigenvalue weighted by molar-refractivity contribution is -0.142. The predicted molar refractivity (Wildman–Crippen MR) is 131 cm³/mol. The molecule has 0 spiro atoms. The Balaban J connectivity index is 1.14. The molecule has 1 aliphatic heterocycles. The Bertz CT molecular complexity index is 1080. The monoisotopic (exact) mass is 476 g/mol. The summed E-state index contributed by atoms with van der Waals surface area (Å²) in [5.41, 5.74) is 4.71. The summed E-state index contributed by atoms with van der Waals surface area (Å²) in [4.78, 5) is 38.5. The van der Waals surface area contributed by atoms with Crippen molar-refractivity contribution < 1.29 is 24.2 Å². The molecule has 7 nitrogen and oxygen atoms in total. The van der Waals surface area contributed by atoms with Crippen LogP contribution in [0.2, 0.25) is 0 Å². The van der Waals surface area contributed by atoms with E-state index in [9.17, 15) is 19.5 Å². The van der Waals surface area contributed by atoms with Gasteiger partial charge in [0.25, 0.3) is 0 Å². The third-order valence-electron chi connectivity index (χ3n) is 7.86. The van der Waals surface area contributed by atoms with Crippen LogP contribution < -0.4 is 5.32 Å². The van der Waals surface area contributed by atoms with Gasteiger partial charge in [0, 0.05) is 32.0 Å². The molecule has 2 aromatic carbocycles. The van der Waals surface area contributed by atoms with Gasteiger partial charge in [-0.2, -0.15) is 0 Å². The molecule has 2 aliphatic carbocycles. The first-order chi connectivity index (χ1) is 16.9. The molecule has 1 saturated heterocycles. The van der Waals surface area contributed by atoms with Gasteiger partial charge in [-0.1, -0.05) is 55.5 Å². The summed E-state index contributed by atoms with van der Waals surface area (Å²) in [7, 11) is 0. The van der Waals surface area contributed by atoms with Crippen molar-refractivity contribution in [1.82, 2.24) is 10.2 Å². The van der Waals surface area contributed by atoms with Crippen molar-refractivity contribution in [3.8, 4) is 11.1 Å². The fraction of sp³-hybridized carbons (Fsp3) is 0.464. The highest BCUT2D eigenvalue weighted by atomic mass is 16.5. The van der Waals surface area contributed by atoms with Gasteiger partial charge >= 0.3 is 12.1 Å². The highest BCUT2D eigenvalue weighted by Crippen LogP contribution is 2.44. The van der Waals surface area contributed by atoms with Crippen molar-refractivity contribution in [2.45, 2.75) is 32.1 Å². The zero-order valence-electron chi connectivity index (χ0n) is 20.0. The number of rotatable bonds is 8. The molecule has 1 heterocycles. The topological polar surface area (TPSA) is 95.9 Å². The number of hydrogen-bond donors (Lipinski definition) is 2. The maximum Gasteiger partial charge on any atom is 0.407 e. The second kappa shape index (κ2) is 9.72. The summed E-state index contributed by atoms with van der Waals surface area (Å²) >= 11 is 0. The number of benzene rings is 2. The van der Waals surface area contributed by atoms with E-state index in [-0.39, 0.29) is 36.8 Å². The van der Waals surface area contributed by atoms with Gasteiger partial charge in [0.2, 0.25) is 5.91 Å². The number of nitrogens with one attached hydrogen (secondary N) is 1. The van der Waals surface area contributed by atoms with Crippen LogP contribution in [-0.4, -0.2) is 54.2 Å². The Hall–Kier alpha value is -3.35. The smallest absolute Gasteiger partial charge is 0.407 e. The summed E-state index contributed by atoms with van der Waals surface area (Å²) in [5.74, 6) is -0.944. The summed E-state index contributed by atoms with van der Waals surface area (Å²) in [6, 6.07) is 16.4. The largest absolute Gasteiger partial charge is 0.481 e. The molecule has 35 heavy (non-hydrogen) atoms. The van der Waals surface area contributed by atoms with E-state index in [0.717, 1.165) is 12.8 Å². The highest BCUT2D eigenvalue weighted by Gasteiger charge is 2.39. The molecule has 3 aliphatic rings. The average Bonchev–Trinajstić information content (AvgIpc) is 3.55. The zero-order chi connectivity index (χ0) is 24.5. The molecule has 1 unspecified atom stereocenters. The molecule has 0 radical (unpaired) electrons. The molecule has 3 atom stereocenters. The molecule has 0 bridgehead atoms. The normalized spacial score (nSPS) is 21.8. The molecule has 2 fully saturated rings. The SMILES string of the molecule is C[C@@H]1CN(C(=O)CC(CNC(=O)OCC2c3ccccc3-c3ccccc32)C2CC2)C[C@H]1C(=O)O. The van der Waals surface area contributed by atoms with E-state index in [0.29, 0.717) is 25.4 Å². The van der Waals surface area contributed by atoms with Crippen molar-refractivity contribution in [3.05, 3.63) is 59.7 Å². The minimum absolute atomic E-state index is 0.00768. The van der Waals surface area contributed by atoms with Crippen LogP contribution in [0.25, 0.3) is 11.1 Å². The highest BCUT2D eigenvalue weighted by molar-refractivity contribution is 5.80. The van der Waals surface area contributed by atoms with Crippen molar-refractivity contribution in [2.24, 2.45) is 23.7 Å². The maximum absolute atomic E-state index is 12.9. The fourth-order valence-corrected chi connectivity index (χ4v) is 5.68. The van der Waals surface area contributed by atoms with Crippen molar-refractivity contribution in [1.29, 1.82) is 0 Å². The average molecular weight is 477 g/mol. The number of fused-ring (bicyclic) bond motifs is 3. The summed E-state index contributed by atoms with van der Waals surface area (Å²) in [6.45, 7) is 3.27. The van der Waals surface area contributed by atoms with Gasteiger partial charge in [-0.05, 0) is 52.8 Å². The Morgan fingerprint density at radius 3 is 2.23 bits per heavy atom. The Morgan fingerprint density at radius 1 is 1.03 bits per heavy atom. The number of alkyl carbamates (subject to hydrolysis) is 1. The van der Waals surface area contributed by atoms with Crippen LogP contribution in [-0.2, 0) is 14.3 Å². The fourth-order valence-electron chi connectivity index (χ4n) is 5.68. The third kappa shape index (κ3) is 4.90. The minimum atomic E-state index is -0.844. The molecule has 5 rings (SSSR count). The van der Waals surface area contributed by atoms with Crippen LogP contribution >= 0.6 is 0 Å². The second-order valence-electron chi connectivity index (χ2n) is 10.2. The van der Waals surface area contributed by atoms with Gasteiger partial charge in [0.1, 0.15) is 6.61 Å². The lowest BCUT2D eigenvalue weighted by Gasteiger charge is -2.22. The number of nitrogens with zero attached hydrogens (tertiary/aromatic N) is 1. The predicted octanol–water partition coefficient (Wildman–Crippen LogP) is 4.12. The third-order valence-corrected chi connectivity index (χ3v) is 7.86. The quantitative estimate of drug-likeness (QED) is 0.598. The van der Waals surface area contributed by atoms with Crippen molar-refractivity contribution >= 4 is 18.0 Å². The summed E-state index contributed by atoms with van der Waals surface area (Å²) in [6.07, 6.45) is 1.97. The van der Waals surface area contributed by atoms with Crippen LogP contribution in [0.5, 0.6) is 0 Å². The summed E-state index contributed by atoms with van der Waals surface area (Å²) < 4.78 is 5.64. The first kappa shape index (κ1) is 23.4. The number of carboxylic acids is 1. The molecule has 2 aromatic rings. The Labute approximate surface area is 205 Å². The van der Waals surface area contributed by atoms with Gasteiger partial charge in [-0.15, -0.1) is 0 Å². The molecular formula is C28H32N2O5. The van der Waals surface area contributed by atoms with Crippen LogP contribution in [0.4, 0.5) is 4.79 Å². The van der Waals surface area contributed by atoms with Crippen LogP contribution in [0.1, 0.15) is 43.2 Å². The van der Waals surface area contributed by atoms with Crippen LogP contribution in [0, 0.1) is 23.7 Å². The first-order valence-electron chi connectivity index (χ1n) is 12.5. The first-order valence-corrected chi connectivity index (χ1v) is 12.5. The van der Waals surface area contributed by atoms with E-state index < -0.39 is 18.0 Å². The van der Waals surface area contributed by atoms with Crippen LogP contribution in [0.15, 0.2) is 48.5 Å². The molecule has 1 saturated carbocycles. The number of likely N-dealkylation sites (tertiary alicyclic amines) is 1. The van der Waals surface area contributed by atoms with E-state index in [1.54, 1.807) is 4.90 Å². The van der Waals surface area contributed by atoms with Crippen molar-refractivity contribution in [2.75, 3.05) is 26.2 Å². The second-order valence-corrected chi connectivity index (χ2v) is 10.2. The number of hydrogen-bond acceptors (Lipinski definition) is 4. The molecule has 0 aromatic heterocycles. The van der Waals surface area contributed by atoms with Gasteiger partial charge in [-0.25, -0.2) is 4.79 Å². The van der Waals surface area contributed by atoms with Crippen molar-refractivity contribution in [3.63, 3.8) is 0 Å². The van der Waals surface area contributed by atoms with E-state index in [4.69, 9.17) is 4.74 Å². The lowest BCUT2D eigenvalue weighted by Crippen LogP contribution is -2.36. The number of carbonyl (C=O) groups is 3. The maximum atomic E-state index is 12.9. The number of amides is 2. The minimum Gasteiger partial charge on any atom is -0.481 e. The zero-order valence-corrected chi connectivity index (χ0v) is 20.0. The number of ether oxygens (including phenoxy) is 1.